The normalized spacial score (nSPS) is 18.3. The Balaban J connectivity index is 2.56. The van der Waals surface area contributed by atoms with Crippen LogP contribution in [0.2, 0.25) is 0 Å². The number of anilines is 1. The van der Waals surface area contributed by atoms with Crippen LogP contribution in [-0.4, -0.2) is 18.1 Å². The van der Waals surface area contributed by atoms with Crippen LogP contribution in [0.25, 0.3) is 0 Å². The molecule has 0 saturated heterocycles. The first kappa shape index (κ1) is 10.0. The Morgan fingerprint density at radius 3 is 2.67 bits per heavy atom. The van der Waals surface area contributed by atoms with E-state index in [1.54, 1.807) is 0 Å². The van der Waals surface area contributed by atoms with E-state index in [4.69, 9.17) is 0 Å². The Bertz CT molecular complexity index is 398. The maximum atomic E-state index is 11.8. The number of nitrogens with one attached hydrogen (secondary N) is 1. The number of nitrogens with zero attached hydrogens (tertiary/aromatic N) is 1. The average Bonchev–Trinajstić information content (AvgIpc) is 2.17. The molecule has 0 radical (unpaired) electrons. The third-order valence-electron chi connectivity index (χ3n) is 2.85. The molecule has 0 atom stereocenters. The van der Waals surface area contributed by atoms with Crippen LogP contribution in [0.4, 0.5) is 5.69 Å². The van der Waals surface area contributed by atoms with Crippen LogP contribution in [0.15, 0.2) is 24.3 Å². The maximum absolute atomic E-state index is 11.8. The molecule has 0 aromatic heterocycles. The van der Waals surface area contributed by atoms with Gasteiger partial charge in [-0.1, -0.05) is 12.1 Å². The summed E-state index contributed by atoms with van der Waals surface area (Å²) in [5.41, 5.74) is 1.48. The van der Waals surface area contributed by atoms with E-state index in [-0.39, 0.29) is 11.6 Å². The third kappa shape index (κ3) is 1.48. The van der Waals surface area contributed by atoms with Crippen molar-refractivity contribution in [1.29, 1.82) is 0 Å². The van der Waals surface area contributed by atoms with Crippen LogP contribution in [0.3, 0.4) is 0 Å². The predicted molar refractivity (Wildman–Crippen MR) is 61.0 cm³/mol. The number of hydrogen-bond donors (Lipinski definition) is 1. The van der Waals surface area contributed by atoms with Crippen molar-refractivity contribution in [3.8, 4) is 0 Å². The minimum Gasteiger partial charge on any atom is -0.349 e. The molecule has 0 unspecified atom stereocenters. The zero-order valence-electron chi connectivity index (χ0n) is 9.37. The molecule has 0 aliphatic carbocycles. The van der Waals surface area contributed by atoms with Crippen LogP contribution >= 0.6 is 0 Å². The number of amides is 1. The van der Waals surface area contributed by atoms with Gasteiger partial charge in [-0.25, -0.2) is 0 Å². The molecule has 0 spiro atoms. The van der Waals surface area contributed by atoms with Crippen molar-refractivity contribution in [2.45, 2.75) is 26.4 Å². The molecule has 1 aromatic rings. The Kier molecular flexibility index (Phi) is 2.18. The van der Waals surface area contributed by atoms with Crippen LogP contribution in [0.1, 0.15) is 31.1 Å². The van der Waals surface area contributed by atoms with Crippen LogP contribution in [0, 0.1) is 0 Å². The van der Waals surface area contributed by atoms with Crippen LogP contribution in [-0.2, 0) is 0 Å². The van der Waals surface area contributed by atoms with Gasteiger partial charge in [0.15, 0.2) is 0 Å². The topological polar surface area (TPSA) is 32.3 Å². The smallest absolute Gasteiger partial charge is 0.255 e. The fourth-order valence-corrected chi connectivity index (χ4v) is 2.18. The molecule has 1 aromatic carbocycles. The molecule has 1 N–H and O–H groups in total. The van der Waals surface area contributed by atoms with Crippen molar-refractivity contribution in [3.63, 3.8) is 0 Å². The second kappa shape index (κ2) is 3.26. The number of para-hydroxylation sites is 1. The van der Waals surface area contributed by atoms with Crippen molar-refractivity contribution in [1.82, 2.24) is 5.32 Å². The van der Waals surface area contributed by atoms with Crippen molar-refractivity contribution in [3.05, 3.63) is 29.8 Å². The van der Waals surface area contributed by atoms with Gasteiger partial charge in [-0.2, -0.15) is 0 Å². The second-order valence-electron chi connectivity index (χ2n) is 4.27. The fourth-order valence-electron chi connectivity index (χ4n) is 2.18. The highest BCUT2D eigenvalue weighted by atomic mass is 16.2. The van der Waals surface area contributed by atoms with Crippen LogP contribution < -0.4 is 10.2 Å². The van der Waals surface area contributed by atoms with E-state index < -0.39 is 0 Å². The minimum absolute atomic E-state index is 0.0142. The van der Waals surface area contributed by atoms with E-state index in [0.29, 0.717) is 0 Å². The summed E-state index contributed by atoms with van der Waals surface area (Å²) in [5, 5.41) is 3.00. The first-order chi connectivity index (χ1) is 7.06. The monoisotopic (exact) mass is 204 g/mol. The highest BCUT2D eigenvalue weighted by Gasteiger charge is 2.34. The van der Waals surface area contributed by atoms with Crippen molar-refractivity contribution < 1.29 is 4.79 Å². The van der Waals surface area contributed by atoms with E-state index >= 15 is 0 Å². The molecule has 80 valence electrons. The summed E-state index contributed by atoms with van der Waals surface area (Å²) < 4.78 is 0. The van der Waals surface area contributed by atoms with Gasteiger partial charge in [0, 0.05) is 6.54 Å². The molecule has 0 saturated carbocycles. The molecule has 3 heteroatoms. The minimum atomic E-state index is -0.305. The van der Waals surface area contributed by atoms with E-state index in [1.807, 2.05) is 38.1 Å². The zero-order chi connectivity index (χ0) is 11.1. The lowest BCUT2D eigenvalue weighted by molar-refractivity contribution is 0.0898. The highest BCUT2D eigenvalue weighted by Crippen LogP contribution is 2.30. The van der Waals surface area contributed by atoms with Crippen LogP contribution in [0.5, 0.6) is 0 Å². The highest BCUT2D eigenvalue weighted by molar-refractivity contribution is 6.02. The summed E-state index contributed by atoms with van der Waals surface area (Å²) in [5.74, 6) is 0.0142. The van der Waals surface area contributed by atoms with E-state index in [1.165, 1.54) is 0 Å². The van der Waals surface area contributed by atoms with Gasteiger partial charge in [-0.05, 0) is 32.9 Å². The predicted octanol–water partition coefficient (Wildman–Crippen LogP) is 1.99. The number of hydrogen-bond acceptors (Lipinski definition) is 2. The van der Waals surface area contributed by atoms with Gasteiger partial charge in [0.05, 0.1) is 11.3 Å². The van der Waals surface area contributed by atoms with Crippen molar-refractivity contribution in [2.75, 3.05) is 11.4 Å². The van der Waals surface area contributed by atoms with Gasteiger partial charge in [0.1, 0.15) is 5.66 Å². The van der Waals surface area contributed by atoms with E-state index in [2.05, 4.69) is 17.1 Å². The van der Waals surface area contributed by atoms with Gasteiger partial charge in [0.2, 0.25) is 0 Å². The fraction of sp³-hybridized carbons (Fsp3) is 0.417. The first-order valence-corrected chi connectivity index (χ1v) is 5.25. The molecular formula is C12H16N2O. The Hall–Kier alpha value is -1.51. The Morgan fingerprint density at radius 2 is 2.00 bits per heavy atom. The molecule has 0 fully saturated rings. The molecule has 1 aliphatic rings. The van der Waals surface area contributed by atoms with Crippen molar-refractivity contribution in [2.24, 2.45) is 0 Å². The summed E-state index contributed by atoms with van der Waals surface area (Å²) in [6.45, 7) is 7.01. The molecule has 1 aliphatic heterocycles. The summed E-state index contributed by atoms with van der Waals surface area (Å²) in [7, 11) is 0. The van der Waals surface area contributed by atoms with Gasteiger partial charge >= 0.3 is 0 Å². The van der Waals surface area contributed by atoms with Gasteiger partial charge in [-0.15, -0.1) is 0 Å². The van der Waals surface area contributed by atoms with E-state index in [0.717, 1.165) is 17.8 Å². The summed E-state index contributed by atoms with van der Waals surface area (Å²) in [4.78, 5) is 14.0. The molecule has 1 heterocycles. The summed E-state index contributed by atoms with van der Waals surface area (Å²) in [6.07, 6.45) is 0. The lowest BCUT2D eigenvalue weighted by Gasteiger charge is -2.44. The first-order valence-electron chi connectivity index (χ1n) is 5.25. The standard InChI is InChI=1S/C12H16N2O/c1-4-14-10-8-6-5-7-9(10)11(15)13-12(14,2)3/h5-8H,4H2,1-3H3,(H,13,15). The SMILES string of the molecule is CCN1c2ccccc2C(=O)NC1(C)C. The average molecular weight is 204 g/mol. The third-order valence-corrected chi connectivity index (χ3v) is 2.85. The molecular weight excluding hydrogens is 188 g/mol. The van der Waals surface area contributed by atoms with Gasteiger partial charge < -0.3 is 10.2 Å². The molecule has 2 rings (SSSR count). The molecule has 1 amide bonds. The number of carbonyl (C=O) groups is 1. The van der Waals surface area contributed by atoms with Gasteiger partial charge in [0.25, 0.3) is 5.91 Å². The quantitative estimate of drug-likeness (QED) is 0.758. The Morgan fingerprint density at radius 1 is 1.33 bits per heavy atom. The largest absolute Gasteiger partial charge is 0.349 e. The number of benzene rings is 1. The van der Waals surface area contributed by atoms with Crippen molar-refractivity contribution >= 4 is 11.6 Å². The summed E-state index contributed by atoms with van der Waals surface area (Å²) in [6, 6.07) is 7.72. The number of carbonyl (C=O) groups excluding carboxylic acids is 1. The zero-order valence-corrected chi connectivity index (χ0v) is 9.37. The molecule has 15 heavy (non-hydrogen) atoms. The molecule has 3 nitrogen and oxygen atoms in total. The number of fused-ring (bicyclic) bond motifs is 1. The lowest BCUT2D eigenvalue weighted by atomic mass is 10.0. The summed E-state index contributed by atoms with van der Waals surface area (Å²) >= 11 is 0. The maximum Gasteiger partial charge on any atom is 0.255 e. The molecule has 0 bridgehead atoms. The number of rotatable bonds is 1. The lowest BCUT2D eigenvalue weighted by Crippen LogP contribution is -2.60. The van der Waals surface area contributed by atoms with Gasteiger partial charge in [-0.3, -0.25) is 4.79 Å². The van der Waals surface area contributed by atoms with E-state index in [9.17, 15) is 4.79 Å². The Labute approximate surface area is 90.1 Å². The second-order valence-corrected chi connectivity index (χ2v) is 4.27.